The molecule has 0 spiro atoms. The molecule has 2 N–H and O–H groups in total. The van der Waals surface area contributed by atoms with E-state index in [9.17, 15) is 0 Å². The Bertz CT molecular complexity index is 378. The fourth-order valence-electron chi connectivity index (χ4n) is 2.67. The molecule has 2 rings (SSSR count). The largest absolute Gasteiger partial charge is 0.497 e. The van der Waals surface area contributed by atoms with Gasteiger partial charge in [0.25, 0.3) is 0 Å². The number of hydrogen-bond acceptors (Lipinski definition) is 3. The van der Waals surface area contributed by atoms with Gasteiger partial charge in [0.1, 0.15) is 11.5 Å². The van der Waals surface area contributed by atoms with Crippen LogP contribution in [0.3, 0.4) is 0 Å². The van der Waals surface area contributed by atoms with Gasteiger partial charge < -0.3 is 15.2 Å². The molecule has 17 heavy (non-hydrogen) atoms. The SMILES string of the molecule is COc1ccc(OC)c(C2CCCCC2N)c1. The van der Waals surface area contributed by atoms with Crippen LogP contribution in [0.25, 0.3) is 0 Å². The van der Waals surface area contributed by atoms with Crippen LogP contribution in [-0.4, -0.2) is 20.3 Å². The summed E-state index contributed by atoms with van der Waals surface area (Å²) < 4.78 is 10.7. The lowest BCUT2D eigenvalue weighted by molar-refractivity contribution is 0.356. The zero-order valence-electron chi connectivity index (χ0n) is 10.6. The molecule has 0 radical (unpaired) electrons. The van der Waals surface area contributed by atoms with E-state index in [4.69, 9.17) is 15.2 Å². The molecule has 0 saturated heterocycles. The van der Waals surface area contributed by atoms with Gasteiger partial charge in [0.05, 0.1) is 14.2 Å². The van der Waals surface area contributed by atoms with Gasteiger partial charge in [-0.05, 0) is 31.0 Å². The third-order valence-corrected chi connectivity index (χ3v) is 3.66. The number of nitrogens with two attached hydrogens (primary N) is 1. The van der Waals surface area contributed by atoms with Gasteiger partial charge in [-0.3, -0.25) is 0 Å². The van der Waals surface area contributed by atoms with Crippen molar-refractivity contribution >= 4 is 0 Å². The molecule has 0 aromatic heterocycles. The summed E-state index contributed by atoms with van der Waals surface area (Å²) in [6, 6.07) is 6.20. The van der Waals surface area contributed by atoms with E-state index < -0.39 is 0 Å². The summed E-state index contributed by atoms with van der Waals surface area (Å²) in [4.78, 5) is 0. The lowest BCUT2D eigenvalue weighted by Crippen LogP contribution is -2.31. The molecule has 3 nitrogen and oxygen atoms in total. The van der Waals surface area contributed by atoms with Crippen molar-refractivity contribution in [1.82, 2.24) is 0 Å². The summed E-state index contributed by atoms with van der Waals surface area (Å²) in [5.74, 6) is 2.19. The summed E-state index contributed by atoms with van der Waals surface area (Å²) in [6.45, 7) is 0. The molecule has 0 heterocycles. The fraction of sp³-hybridized carbons (Fsp3) is 0.571. The molecule has 2 atom stereocenters. The normalized spacial score (nSPS) is 24.4. The van der Waals surface area contributed by atoms with E-state index in [1.165, 1.54) is 18.4 Å². The van der Waals surface area contributed by atoms with Crippen LogP contribution in [0.2, 0.25) is 0 Å². The summed E-state index contributed by atoms with van der Waals surface area (Å²) in [7, 11) is 3.39. The van der Waals surface area contributed by atoms with Crippen LogP contribution in [0.4, 0.5) is 0 Å². The Morgan fingerprint density at radius 1 is 1.12 bits per heavy atom. The van der Waals surface area contributed by atoms with Crippen molar-refractivity contribution in [1.29, 1.82) is 0 Å². The zero-order valence-corrected chi connectivity index (χ0v) is 10.6. The molecular formula is C14H21NO2. The number of methoxy groups -OCH3 is 2. The van der Waals surface area contributed by atoms with Crippen LogP contribution in [0, 0.1) is 0 Å². The molecule has 0 amide bonds. The minimum Gasteiger partial charge on any atom is -0.497 e. The highest BCUT2D eigenvalue weighted by Crippen LogP contribution is 2.38. The first kappa shape index (κ1) is 12.2. The highest BCUT2D eigenvalue weighted by atomic mass is 16.5. The van der Waals surface area contributed by atoms with Crippen molar-refractivity contribution in [3.05, 3.63) is 23.8 Å². The van der Waals surface area contributed by atoms with E-state index in [1.807, 2.05) is 12.1 Å². The molecule has 0 aliphatic heterocycles. The van der Waals surface area contributed by atoms with E-state index in [0.717, 1.165) is 24.3 Å². The molecule has 1 aliphatic rings. The summed E-state index contributed by atoms with van der Waals surface area (Å²) in [6.07, 6.45) is 4.73. The summed E-state index contributed by atoms with van der Waals surface area (Å²) in [5, 5.41) is 0. The molecule has 0 bridgehead atoms. The van der Waals surface area contributed by atoms with E-state index in [1.54, 1.807) is 14.2 Å². The van der Waals surface area contributed by atoms with Gasteiger partial charge >= 0.3 is 0 Å². The monoisotopic (exact) mass is 235 g/mol. The zero-order chi connectivity index (χ0) is 12.3. The predicted molar refractivity (Wildman–Crippen MR) is 68.7 cm³/mol. The van der Waals surface area contributed by atoms with Crippen molar-refractivity contribution in [3.8, 4) is 11.5 Å². The van der Waals surface area contributed by atoms with Gasteiger partial charge in [0.2, 0.25) is 0 Å². The van der Waals surface area contributed by atoms with Gasteiger partial charge in [-0.1, -0.05) is 12.8 Å². The van der Waals surface area contributed by atoms with Crippen LogP contribution in [-0.2, 0) is 0 Å². The lowest BCUT2D eigenvalue weighted by Gasteiger charge is -2.30. The molecule has 1 aromatic rings. The van der Waals surface area contributed by atoms with Gasteiger partial charge in [0, 0.05) is 17.5 Å². The topological polar surface area (TPSA) is 44.5 Å². The Labute approximate surface area is 103 Å². The number of hydrogen-bond donors (Lipinski definition) is 1. The van der Waals surface area contributed by atoms with Crippen LogP contribution in [0.1, 0.15) is 37.2 Å². The van der Waals surface area contributed by atoms with Crippen LogP contribution in [0.15, 0.2) is 18.2 Å². The molecule has 94 valence electrons. The van der Waals surface area contributed by atoms with Crippen LogP contribution < -0.4 is 15.2 Å². The van der Waals surface area contributed by atoms with E-state index >= 15 is 0 Å². The van der Waals surface area contributed by atoms with Crippen molar-refractivity contribution < 1.29 is 9.47 Å². The standard InChI is InChI=1S/C14H21NO2/c1-16-10-7-8-14(17-2)12(9-10)11-5-3-4-6-13(11)15/h7-9,11,13H,3-6,15H2,1-2H3. The number of ether oxygens (including phenoxy) is 2. The maximum atomic E-state index is 6.23. The maximum Gasteiger partial charge on any atom is 0.122 e. The highest BCUT2D eigenvalue weighted by molar-refractivity contribution is 5.43. The minimum absolute atomic E-state index is 0.241. The average Bonchev–Trinajstić information content (AvgIpc) is 2.38. The average molecular weight is 235 g/mol. The fourth-order valence-corrected chi connectivity index (χ4v) is 2.67. The first-order chi connectivity index (χ1) is 8.26. The van der Waals surface area contributed by atoms with Crippen molar-refractivity contribution in [2.75, 3.05) is 14.2 Å². The minimum atomic E-state index is 0.241. The maximum absolute atomic E-state index is 6.23. The van der Waals surface area contributed by atoms with Crippen molar-refractivity contribution in [3.63, 3.8) is 0 Å². The van der Waals surface area contributed by atoms with Gasteiger partial charge in [-0.25, -0.2) is 0 Å². The Morgan fingerprint density at radius 2 is 1.88 bits per heavy atom. The van der Waals surface area contributed by atoms with Crippen molar-refractivity contribution in [2.45, 2.75) is 37.6 Å². The molecule has 1 fully saturated rings. The van der Waals surface area contributed by atoms with E-state index in [2.05, 4.69) is 6.07 Å². The Balaban J connectivity index is 2.33. The predicted octanol–water partition coefficient (Wildman–Crippen LogP) is 2.69. The molecule has 1 aliphatic carbocycles. The number of rotatable bonds is 3. The molecule has 1 aromatic carbocycles. The van der Waals surface area contributed by atoms with Gasteiger partial charge in [0.15, 0.2) is 0 Å². The van der Waals surface area contributed by atoms with Gasteiger partial charge in [-0.2, -0.15) is 0 Å². The van der Waals surface area contributed by atoms with Crippen LogP contribution >= 0.6 is 0 Å². The van der Waals surface area contributed by atoms with E-state index in [0.29, 0.717) is 5.92 Å². The molecule has 3 heteroatoms. The third-order valence-electron chi connectivity index (χ3n) is 3.66. The first-order valence-electron chi connectivity index (χ1n) is 6.23. The smallest absolute Gasteiger partial charge is 0.122 e. The second-order valence-electron chi connectivity index (χ2n) is 4.66. The Hall–Kier alpha value is -1.22. The Morgan fingerprint density at radius 3 is 2.53 bits per heavy atom. The molecule has 2 unspecified atom stereocenters. The van der Waals surface area contributed by atoms with E-state index in [-0.39, 0.29) is 6.04 Å². The third kappa shape index (κ3) is 2.55. The Kier molecular flexibility index (Phi) is 3.89. The summed E-state index contributed by atoms with van der Waals surface area (Å²) >= 11 is 0. The van der Waals surface area contributed by atoms with Crippen molar-refractivity contribution in [2.24, 2.45) is 5.73 Å². The summed E-state index contributed by atoms with van der Waals surface area (Å²) in [5.41, 5.74) is 7.42. The van der Waals surface area contributed by atoms with Gasteiger partial charge in [-0.15, -0.1) is 0 Å². The van der Waals surface area contributed by atoms with Crippen LogP contribution in [0.5, 0.6) is 11.5 Å². The first-order valence-corrected chi connectivity index (χ1v) is 6.23. The molecule has 1 saturated carbocycles. The second-order valence-corrected chi connectivity index (χ2v) is 4.66. The second kappa shape index (κ2) is 5.41. The lowest BCUT2D eigenvalue weighted by atomic mass is 9.80. The quantitative estimate of drug-likeness (QED) is 0.876. The number of benzene rings is 1. The molecular weight excluding hydrogens is 214 g/mol. The highest BCUT2D eigenvalue weighted by Gasteiger charge is 2.26.